The number of carbonyl (C=O) groups is 1. The number of hydrogen-bond acceptors (Lipinski definition) is 5. The van der Waals surface area contributed by atoms with Gasteiger partial charge in [-0.05, 0) is 42.7 Å². The number of aromatic amines is 1. The van der Waals surface area contributed by atoms with Gasteiger partial charge >= 0.3 is 0 Å². The average molecular weight is 459 g/mol. The number of aliphatic hydroxyl groups excluding tert-OH is 1. The summed E-state index contributed by atoms with van der Waals surface area (Å²) in [7, 11) is 0. The number of aliphatic hydroxyl groups is 1. The minimum absolute atomic E-state index is 0.0656. The zero-order valence-corrected chi connectivity index (χ0v) is 18.6. The largest absolute Gasteiger partial charge is 0.374 e. The Balaban J connectivity index is 2.10. The summed E-state index contributed by atoms with van der Waals surface area (Å²) >= 11 is 6.01. The number of carbonyl (C=O) groups excluding carboxylic acids is 1. The van der Waals surface area contributed by atoms with Crippen molar-refractivity contribution in [3.05, 3.63) is 75.2 Å². The van der Waals surface area contributed by atoms with Gasteiger partial charge in [-0.3, -0.25) is 14.6 Å². The Morgan fingerprint density at radius 2 is 1.97 bits per heavy atom. The molecule has 2 heterocycles. The third kappa shape index (κ3) is 5.15. The molecule has 1 unspecified atom stereocenters. The number of aromatic nitrogens is 2. The predicted molar refractivity (Wildman–Crippen MR) is 123 cm³/mol. The Morgan fingerprint density at radius 3 is 2.66 bits per heavy atom. The Morgan fingerprint density at radius 1 is 1.22 bits per heavy atom. The van der Waals surface area contributed by atoms with Crippen LogP contribution in [0.3, 0.4) is 0 Å². The lowest BCUT2D eigenvalue weighted by atomic mass is 10.0. The standard InChI is InChI=1S/C23H24ClFN4O3/c1-4-20(30)28-23(32)16-11-26-8-7-18(16)27-19-10-15(22(31)29-21(19)12(2)3)14-9-13(24)5-6-17(14)25/h5-12,20,30H,4H2,1-3H3,(H,26,27)(H,28,32)(H,29,31). The second-order valence-electron chi connectivity index (χ2n) is 7.56. The lowest BCUT2D eigenvalue weighted by molar-refractivity contribution is 0.0777. The van der Waals surface area contributed by atoms with Crippen LogP contribution in [0.25, 0.3) is 11.1 Å². The van der Waals surface area contributed by atoms with Gasteiger partial charge in [-0.2, -0.15) is 0 Å². The molecule has 0 radical (unpaired) electrons. The molecule has 1 aromatic carbocycles. The summed E-state index contributed by atoms with van der Waals surface area (Å²) in [6, 6.07) is 7.12. The number of nitrogens with zero attached hydrogens (tertiary/aromatic N) is 1. The normalized spacial score (nSPS) is 12.0. The number of anilines is 2. The van der Waals surface area contributed by atoms with Crippen molar-refractivity contribution in [3.63, 3.8) is 0 Å². The minimum atomic E-state index is -0.993. The van der Waals surface area contributed by atoms with E-state index in [2.05, 4.69) is 20.6 Å². The quantitative estimate of drug-likeness (QED) is 0.388. The Hall–Kier alpha value is -3.23. The molecule has 0 aliphatic carbocycles. The summed E-state index contributed by atoms with van der Waals surface area (Å²) in [5.41, 5.74) is 1.39. The van der Waals surface area contributed by atoms with E-state index in [0.717, 1.165) is 0 Å². The van der Waals surface area contributed by atoms with Crippen LogP contribution < -0.4 is 16.2 Å². The van der Waals surface area contributed by atoms with Crippen LogP contribution in [0.5, 0.6) is 0 Å². The van der Waals surface area contributed by atoms with Gasteiger partial charge in [0.05, 0.1) is 22.5 Å². The van der Waals surface area contributed by atoms with E-state index in [9.17, 15) is 19.1 Å². The maximum Gasteiger partial charge on any atom is 0.256 e. The van der Waals surface area contributed by atoms with Gasteiger partial charge in [-0.1, -0.05) is 32.4 Å². The number of hydrogen-bond donors (Lipinski definition) is 4. The second-order valence-corrected chi connectivity index (χ2v) is 8.00. The fraction of sp³-hybridized carbons (Fsp3) is 0.261. The summed E-state index contributed by atoms with van der Waals surface area (Å²) in [6.45, 7) is 5.53. The number of H-pyrrole nitrogens is 1. The molecule has 0 aliphatic heterocycles. The van der Waals surface area contributed by atoms with Crippen molar-refractivity contribution < 1.29 is 14.3 Å². The van der Waals surface area contributed by atoms with Crippen molar-refractivity contribution in [2.45, 2.75) is 39.3 Å². The van der Waals surface area contributed by atoms with Gasteiger partial charge in [-0.25, -0.2) is 4.39 Å². The highest BCUT2D eigenvalue weighted by Crippen LogP contribution is 2.31. The highest BCUT2D eigenvalue weighted by molar-refractivity contribution is 6.30. The first kappa shape index (κ1) is 23.4. The molecule has 2 aromatic heterocycles. The summed E-state index contributed by atoms with van der Waals surface area (Å²) in [5, 5.41) is 15.7. The monoisotopic (exact) mass is 458 g/mol. The van der Waals surface area contributed by atoms with E-state index in [1.807, 2.05) is 13.8 Å². The van der Waals surface area contributed by atoms with Crippen LogP contribution in [0.4, 0.5) is 15.8 Å². The second kappa shape index (κ2) is 9.93. The van der Waals surface area contributed by atoms with Crippen LogP contribution in [0.2, 0.25) is 5.02 Å². The van der Waals surface area contributed by atoms with Crippen LogP contribution in [0.1, 0.15) is 49.2 Å². The molecule has 168 valence electrons. The van der Waals surface area contributed by atoms with Crippen molar-refractivity contribution in [2.24, 2.45) is 0 Å². The van der Waals surface area contributed by atoms with Crippen molar-refractivity contribution >= 4 is 28.9 Å². The minimum Gasteiger partial charge on any atom is -0.374 e. The van der Waals surface area contributed by atoms with E-state index in [1.165, 1.54) is 36.7 Å². The van der Waals surface area contributed by atoms with Gasteiger partial charge in [-0.15, -0.1) is 0 Å². The van der Waals surface area contributed by atoms with E-state index in [0.29, 0.717) is 28.5 Å². The number of pyridine rings is 2. The van der Waals surface area contributed by atoms with Gasteiger partial charge < -0.3 is 20.7 Å². The lowest BCUT2D eigenvalue weighted by Crippen LogP contribution is -2.34. The van der Waals surface area contributed by atoms with E-state index in [-0.39, 0.29) is 22.6 Å². The zero-order valence-electron chi connectivity index (χ0n) is 17.9. The predicted octanol–water partition coefficient (Wildman–Crippen LogP) is 4.55. The topological polar surface area (TPSA) is 107 Å². The first-order valence-electron chi connectivity index (χ1n) is 10.1. The van der Waals surface area contributed by atoms with E-state index < -0.39 is 23.5 Å². The summed E-state index contributed by atoms with van der Waals surface area (Å²) < 4.78 is 14.5. The average Bonchev–Trinajstić information content (AvgIpc) is 2.76. The number of halogens is 2. The van der Waals surface area contributed by atoms with E-state index >= 15 is 0 Å². The Labute approximate surface area is 189 Å². The van der Waals surface area contributed by atoms with Gasteiger partial charge in [0.25, 0.3) is 11.5 Å². The smallest absolute Gasteiger partial charge is 0.256 e. The zero-order chi connectivity index (χ0) is 23.4. The third-order valence-corrected chi connectivity index (χ3v) is 5.12. The molecule has 4 N–H and O–H groups in total. The molecule has 3 aromatic rings. The highest BCUT2D eigenvalue weighted by Gasteiger charge is 2.19. The van der Waals surface area contributed by atoms with Crippen molar-refractivity contribution in [1.82, 2.24) is 15.3 Å². The Bertz CT molecular complexity index is 1200. The molecule has 0 saturated carbocycles. The number of nitrogens with one attached hydrogen (secondary N) is 3. The number of amides is 1. The molecule has 0 saturated heterocycles. The van der Waals surface area contributed by atoms with Gasteiger partial charge in [0.15, 0.2) is 0 Å². The van der Waals surface area contributed by atoms with Crippen molar-refractivity contribution in [2.75, 3.05) is 5.32 Å². The van der Waals surface area contributed by atoms with Gasteiger partial charge in [0.2, 0.25) is 0 Å². The van der Waals surface area contributed by atoms with Crippen LogP contribution in [-0.4, -0.2) is 27.2 Å². The summed E-state index contributed by atoms with van der Waals surface area (Å²) in [6.07, 6.45) is 2.24. The molecule has 1 amide bonds. The first-order chi connectivity index (χ1) is 15.2. The molecular formula is C23H24ClFN4O3. The molecule has 3 rings (SSSR count). The molecule has 1 atom stereocenters. The van der Waals surface area contributed by atoms with Gasteiger partial charge in [0.1, 0.15) is 12.0 Å². The molecule has 0 fully saturated rings. The maximum atomic E-state index is 14.5. The fourth-order valence-electron chi connectivity index (χ4n) is 3.17. The highest BCUT2D eigenvalue weighted by atomic mass is 35.5. The molecule has 0 spiro atoms. The Kier molecular flexibility index (Phi) is 7.27. The number of benzene rings is 1. The molecule has 7 nitrogen and oxygen atoms in total. The van der Waals surface area contributed by atoms with Crippen LogP contribution in [0.15, 0.2) is 47.5 Å². The van der Waals surface area contributed by atoms with Crippen LogP contribution >= 0.6 is 11.6 Å². The SMILES string of the molecule is CCC(O)NC(=O)c1cnccc1Nc1cc(-c2cc(Cl)ccc2F)c(=O)[nH]c1C(C)C. The lowest BCUT2D eigenvalue weighted by Gasteiger charge is -2.18. The summed E-state index contributed by atoms with van der Waals surface area (Å²) in [5.74, 6) is -1.17. The molecule has 32 heavy (non-hydrogen) atoms. The van der Waals surface area contributed by atoms with Crippen molar-refractivity contribution in [1.29, 1.82) is 0 Å². The number of rotatable bonds is 7. The van der Waals surface area contributed by atoms with Gasteiger partial charge in [0, 0.05) is 28.7 Å². The van der Waals surface area contributed by atoms with Crippen molar-refractivity contribution in [3.8, 4) is 11.1 Å². The fourth-order valence-corrected chi connectivity index (χ4v) is 3.34. The molecule has 0 aliphatic rings. The molecule has 9 heteroatoms. The maximum absolute atomic E-state index is 14.5. The molecular weight excluding hydrogens is 435 g/mol. The van der Waals surface area contributed by atoms with Crippen LogP contribution in [-0.2, 0) is 0 Å². The van der Waals surface area contributed by atoms with Crippen LogP contribution in [0, 0.1) is 5.82 Å². The third-order valence-electron chi connectivity index (χ3n) is 4.89. The summed E-state index contributed by atoms with van der Waals surface area (Å²) in [4.78, 5) is 32.2. The van der Waals surface area contributed by atoms with E-state index in [4.69, 9.17) is 11.6 Å². The molecule has 0 bridgehead atoms. The first-order valence-corrected chi connectivity index (χ1v) is 10.5. The van der Waals surface area contributed by atoms with E-state index in [1.54, 1.807) is 13.0 Å².